The number of amides is 1. The smallest absolute Gasteiger partial charge is 0.271 e. The summed E-state index contributed by atoms with van der Waals surface area (Å²) in [6.45, 7) is 0.316. The van der Waals surface area contributed by atoms with Gasteiger partial charge in [-0.15, -0.1) is 0 Å². The molecule has 1 fully saturated rings. The first-order chi connectivity index (χ1) is 14.6. The molecule has 0 aromatic heterocycles. The minimum atomic E-state index is -3.67. The largest absolute Gasteiger partial charge is 0.324 e. The van der Waals surface area contributed by atoms with Gasteiger partial charge in [-0.05, 0) is 31.0 Å². The molecule has 0 atom stereocenters. The molecule has 1 aliphatic heterocycles. The Balaban J connectivity index is 1.63. The Labute approximate surface area is 194 Å². The van der Waals surface area contributed by atoms with Crippen molar-refractivity contribution in [2.75, 3.05) is 18.4 Å². The molecule has 0 saturated carbocycles. The molecule has 0 bridgehead atoms. The summed E-state index contributed by atoms with van der Waals surface area (Å²) in [5, 5.41) is 14.3. The number of nitrogens with one attached hydrogen (secondary N) is 1. The fraction of sp³-hybridized carbons (Fsp3) is 0.316. The van der Waals surface area contributed by atoms with Gasteiger partial charge in [-0.2, -0.15) is 0 Å². The molecule has 0 aliphatic carbocycles. The Hall–Kier alpha value is -1.91. The van der Waals surface area contributed by atoms with E-state index in [0.717, 1.165) is 0 Å². The summed E-state index contributed by atoms with van der Waals surface area (Å²) in [5.41, 5.74) is 0.286. The Kier molecular flexibility index (Phi) is 7.43. The minimum absolute atomic E-state index is 0.143. The molecular weight excluding hydrogens is 489 g/mol. The van der Waals surface area contributed by atoms with Crippen molar-refractivity contribution in [2.45, 2.75) is 18.6 Å². The average molecular weight is 507 g/mol. The number of piperidine rings is 1. The van der Waals surface area contributed by atoms with Crippen LogP contribution in [0.5, 0.6) is 0 Å². The third-order valence-corrected chi connectivity index (χ3v) is 7.87. The highest BCUT2D eigenvalue weighted by atomic mass is 35.5. The molecule has 1 amide bonds. The number of carbonyl (C=O) groups is 1. The van der Waals surface area contributed by atoms with Crippen LogP contribution in [0.15, 0.2) is 36.4 Å². The lowest BCUT2D eigenvalue weighted by Crippen LogP contribution is -2.42. The molecule has 1 N–H and O–H groups in total. The van der Waals surface area contributed by atoms with Gasteiger partial charge in [0.25, 0.3) is 5.69 Å². The third-order valence-electron chi connectivity index (χ3n) is 5.03. The second kappa shape index (κ2) is 9.70. The number of carbonyl (C=O) groups excluding carboxylic acids is 1. The number of benzene rings is 2. The van der Waals surface area contributed by atoms with E-state index in [9.17, 15) is 23.3 Å². The Morgan fingerprint density at radius 1 is 1.10 bits per heavy atom. The summed E-state index contributed by atoms with van der Waals surface area (Å²) in [6.07, 6.45) is 0.599. The molecule has 12 heteroatoms. The van der Waals surface area contributed by atoms with E-state index in [4.69, 9.17) is 34.8 Å². The van der Waals surface area contributed by atoms with Crippen molar-refractivity contribution < 1.29 is 18.1 Å². The van der Waals surface area contributed by atoms with Crippen LogP contribution in [-0.4, -0.2) is 36.6 Å². The molecule has 0 unspecified atom stereocenters. The van der Waals surface area contributed by atoms with Crippen molar-refractivity contribution in [1.29, 1.82) is 0 Å². The minimum Gasteiger partial charge on any atom is -0.324 e. The zero-order valence-corrected chi connectivity index (χ0v) is 19.1. The van der Waals surface area contributed by atoms with Gasteiger partial charge in [-0.3, -0.25) is 14.9 Å². The van der Waals surface area contributed by atoms with E-state index in [1.54, 1.807) is 18.2 Å². The number of nitro benzene ring substituents is 1. The zero-order chi connectivity index (χ0) is 22.8. The number of hydrogen-bond acceptors (Lipinski definition) is 5. The molecule has 1 heterocycles. The van der Waals surface area contributed by atoms with Crippen LogP contribution in [0.2, 0.25) is 15.1 Å². The maximum Gasteiger partial charge on any atom is 0.271 e. The van der Waals surface area contributed by atoms with Crippen molar-refractivity contribution in [3.63, 3.8) is 0 Å². The first-order valence-corrected chi connectivity index (χ1v) is 12.0. The van der Waals surface area contributed by atoms with E-state index in [1.807, 2.05) is 0 Å². The van der Waals surface area contributed by atoms with Crippen LogP contribution in [0, 0.1) is 16.0 Å². The van der Waals surface area contributed by atoms with Crippen LogP contribution in [-0.2, 0) is 20.6 Å². The van der Waals surface area contributed by atoms with E-state index in [-0.39, 0.29) is 51.2 Å². The van der Waals surface area contributed by atoms with Gasteiger partial charge in [0, 0.05) is 46.7 Å². The molecule has 31 heavy (non-hydrogen) atoms. The molecule has 8 nitrogen and oxygen atoms in total. The van der Waals surface area contributed by atoms with E-state index in [2.05, 4.69) is 5.32 Å². The van der Waals surface area contributed by atoms with E-state index in [0.29, 0.717) is 18.4 Å². The van der Waals surface area contributed by atoms with Crippen LogP contribution < -0.4 is 5.32 Å². The van der Waals surface area contributed by atoms with Crippen molar-refractivity contribution in [1.82, 2.24) is 4.31 Å². The molecule has 1 saturated heterocycles. The molecule has 2 aromatic carbocycles. The van der Waals surface area contributed by atoms with Crippen molar-refractivity contribution >= 4 is 62.1 Å². The summed E-state index contributed by atoms with van der Waals surface area (Å²) >= 11 is 18.2. The van der Waals surface area contributed by atoms with Crippen LogP contribution >= 0.6 is 34.8 Å². The first-order valence-electron chi connectivity index (χ1n) is 9.24. The fourth-order valence-electron chi connectivity index (χ4n) is 3.30. The van der Waals surface area contributed by atoms with Gasteiger partial charge >= 0.3 is 0 Å². The topological polar surface area (TPSA) is 110 Å². The quantitative estimate of drug-likeness (QED) is 0.450. The molecule has 3 rings (SSSR count). The highest BCUT2D eigenvalue weighted by Crippen LogP contribution is 2.30. The van der Waals surface area contributed by atoms with Gasteiger partial charge in [0.2, 0.25) is 15.9 Å². The summed E-state index contributed by atoms with van der Waals surface area (Å²) in [6, 6.07) is 8.56. The Morgan fingerprint density at radius 2 is 1.71 bits per heavy atom. The van der Waals surface area contributed by atoms with E-state index >= 15 is 0 Å². The Bertz CT molecular complexity index is 1100. The molecule has 1 aliphatic rings. The lowest BCUT2D eigenvalue weighted by molar-refractivity contribution is -0.384. The van der Waals surface area contributed by atoms with Gasteiger partial charge in [0.1, 0.15) is 0 Å². The average Bonchev–Trinajstić information content (AvgIpc) is 2.72. The summed E-state index contributed by atoms with van der Waals surface area (Å²) < 4.78 is 26.9. The highest BCUT2D eigenvalue weighted by Gasteiger charge is 2.32. The number of sulfonamides is 1. The van der Waals surface area contributed by atoms with E-state index in [1.165, 1.54) is 22.5 Å². The normalized spacial score (nSPS) is 15.6. The third kappa shape index (κ3) is 5.67. The zero-order valence-electron chi connectivity index (χ0n) is 16.1. The number of non-ortho nitro benzene ring substituents is 1. The summed E-state index contributed by atoms with van der Waals surface area (Å²) in [4.78, 5) is 22.9. The van der Waals surface area contributed by atoms with Gasteiger partial charge in [0.05, 0.1) is 21.4 Å². The number of nitro groups is 1. The standard InChI is InChI=1S/C19H18Cl3N3O5S/c20-15-2-1-3-16(21)14(15)11-31(29,30)24-8-6-12(7-9-24)19(26)23-18-10-13(25(27)28)4-5-17(18)22/h1-5,10,12H,6-9,11H2,(H,23,26). The lowest BCUT2D eigenvalue weighted by atomic mass is 9.97. The number of rotatable bonds is 6. The van der Waals surface area contributed by atoms with Gasteiger partial charge in [0.15, 0.2) is 0 Å². The number of hydrogen-bond donors (Lipinski definition) is 1. The summed E-state index contributed by atoms with van der Waals surface area (Å²) in [7, 11) is -3.67. The van der Waals surface area contributed by atoms with Crippen LogP contribution in [0.4, 0.5) is 11.4 Å². The molecular formula is C19H18Cl3N3O5S. The second-order valence-electron chi connectivity index (χ2n) is 7.04. The number of nitrogens with zero attached hydrogens (tertiary/aromatic N) is 2. The highest BCUT2D eigenvalue weighted by molar-refractivity contribution is 7.88. The number of anilines is 1. The van der Waals surface area contributed by atoms with Crippen LogP contribution in [0.3, 0.4) is 0 Å². The monoisotopic (exact) mass is 505 g/mol. The maximum absolute atomic E-state index is 12.8. The molecule has 166 valence electrons. The second-order valence-corrected chi connectivity index (χ2v) is 10.2. The van der Waals surface area contributed by atoms with Crippen molar-refractivity contribution in [2.24, 2.45) is 5.92 Å². The SMILES string of the molecule is O=C(Nc1cc([N+](=O)[O-])ccc1Cl)C1CCN(S(=O)(=O)Cc2c(Cl)cccc2Cl)CC1. The number of halogens is 3. The predicted molar refractivity (Wildman–Crippen MR) is 120 cm³/mol. The van der Waals surface area contributed by atoms with Crippen LogP contribution in [0.25, 0.3) is 0 Å². The Morgan fingerprint density at radius 3 is 2.29 bits per heavy atom. The summed E-state index contributed by atoms with van der Waals surface area (Å²) in [5.74, 6) is -1.15. The molecule has 0 radical (unpaired) electrons. The van der Waals surface area contributed by atoms with Crippen molar-refractivity contribution in [3.05, 3.63) is 67.1 Å². The molecule has 2 aromatic rings. The van der Waals surface area contributed by atoms with Crippen LogP contribution in [0.1, 0.15) is 18.4 Å². The maximum atomic E-state index is 12.8. The van der Waals surface area contributed by atoms with Gasteiger partial charge in [-0.1, -0.05) is 40.9 Å². The van der Waals surface area contributed by atoms with E-state index < -0.39 is 20.9 Å². The van der Waals surface area contributed by atoms with Gasteiger partial charge < -0.3 is 5.32 Å². The van der Waals surface area contributed by atoms with Crippen molar-refractivity contribution in [3.8, 4) is 0 Å². The lowest BCUT2D eigenvalue weighted by Gasteiger charge is -2.30. The van der Waals surface area contributed by atoms with Gasteiger partial charge in [-0.25, -0.2) is 12.7 Å². The molecule has 0 spiro atoms. The first kappa shape index (κ1) is 23.7. The predicted octanol–water partition coefficient (Wildman–Crippen LogP) is 4.74. The fourth-order valence-corrected chi connectivity index (χ4v) is 5.78.